The van der Waals surface area contributed by atoms with Crippen molar-refractivity contribution in [3.63, 3.8) is 0 Å². The largest absolute Gasteiger partial charge is 0.497 e. The maximum atomic E-state index is 12.7. The van der Waals surface area contributed by atoms with Gasteiger partial charge in [-0.15, -0.1) is 11.3 Å². The molecule has 0 aliphatic carbocycles. The zero-order chi connectivity index (χ0) is 21.3. The molecular formula is C20H22F2N4O3S. The lowest BCUT2D eigenvalue weighted by Crippen LogP contribution is -2.36. The predicted octanol–water partition coefficient (Wildman–Crippen LogP) is 4.27. The summed E-state index contributed by atoms with van der Waals surface area (Å²) in [4.78, 5) is 9.86. The van der Waals surface area contributed by atoms with Crippen molar-refractivity contribution in [3.8, 4) is 22.3 Å². The third-order valence-corrected chi connectivity index (χ3v) is 4.81. The first-order valence-corrected chi connectivity index (χ1v) is 10.1. The lowest BCUT2D eigenvalue weighted by Gasteiger charge is -2.13. The van der Waals surface area contributed by atoms with Gasteiger partial charge in [0.25, 0.3) is 0 Å². The molecule has 0 radical (unpaired) electrons. The van der Waals surface area contributed by atoms with Gasteiger partial charge in [0, 0.05) is 12.1 Å². The van der Waals surface area contributed by atoms with Crippen molar-refractivity contribution < 1.29 is 22.7 Å². The highest BCUT2D eigenvalue weighted by atomic mass is 32.1. The summed E-state index contributed by atoms with van der Waals surface area (Å²) in [6, 6.07) is 8.49. The number of hydrogen-bond acceptors (Lipinski definition) is 6. The standard InChI is InChI=1S/C20H22F2N4O3S/c1-3-23-20(25-11-14-12-28-18(26-14)17-5-4-8-30-17)24-10-13-9-15(27-2)6-7-16(13)29-19(21)22/h4-9,12,19H,3,10-11H2,1-2H3,(H2,23,24,25). The van der Waals surface area contributed by atoms with Crippen LogP contribution >= 0.6 is 11.3 Å². The fourth-order valence-electron chi connectivity index (χ4n) is 2.60. The molecule has 1 aromatic carbocycles. The zero-order valence-electron chi connectivity index (χ0n) is 16.5. The first kappa shape index (κ1) is 21.6. The second-order valence-corrected chi connectivity index (χ2v) is 6.97. The van der Waals surface area contributed by atoms with Crippen LogP contribution in [0.5, 0.6) is 11.5 Å². The predicted molar refractivity (Wildman–Crippen MR) is 111 cm³/mol. The number of benzene rings is 1. The van der Waals surface area contributed by atoms with Crippen molar-refractivity contribution in [2.45, 2.75) is 26.6 Å². The van der Waals surface area contributed by atoms with Crippen LogP contribution < -0.4 is 20.1 Å². The molecule has 0 atom stereocenters. The fourth-order valence-corrected chi connectivity index (χ4v) is 3.25. The van der Waals surface area contributed by atoms with Gasteiger partial charge in [0.1, 0.15) is 17.8 Å². The van der Waals surface area contributed by atoms with E-state index in [0.717, 1.165) is 4.88 Å². The number of nitrogens with zero attached hydrogens (tertiary/aromatic N) is 2. The van der Waals surface area contributed by atoms with Crippen molar-refractivity contribution in [2.75, 3.05) is 13.7 Å². The van der Waals surface area contributed by atoms with Gasteiger partial charge in [-0.2, -0.15) is 8.78 Å². The van der Waals surface area contributed by atoms with E-state index in [9.17, 15) is 8.78 Å². The number of nitrogens with one attached hydrogen (secondary N) is 2. The van der Waals surface area contributed by atoms with E-state index in [-0.39, 0.29) is 12.3 Å². The number of methoxy groups -OCH3 is 1. The van der Waals surface area contributed by atoms with E-state index in [1.165, 1.54) is 13.2 Å². The van der Waals surface area contributed by atoms with Gasteiger partial charge in [-0.25, -0.2) is 9.98 Å². The highest BCUT2D eigenvalue weighted by Crippen LogP contribution is 2.26. The van der Waals surface area contributed by atoms with Crippen molar-refractivity contribution in [1.29, 1.82) is 0 Å². The Morgan fingerprint density at radius 1 is 1.30 bits per heavy atom. The molecule has 0 fully saturated rings. The first-order chi connectivity index (χ1) is 14.6. The minimum absolute atomic E-state index is 0.0579. The van der Waals surface area contributed by atoms with E-state index in [4.69, 9.17) is 9.15 Å². The number of oxazole rings is 1. The highest BCUT2D eigenvalue weighted by molar-refractivity contribution is 7.13. The van der Waals surface area contributed by atoms with Crippen LogP contribution in [-0.4, -0.2) is 31.2 Å². The van der Waals surface area contributed by atoms with Gasteiger partial charge in [-0.1, -0.05) is 6.07 Å². The molecule has 2 aromatic heterocycles. The van der Waals surface area contributed by atoms with E-state index < -0.39 is 6.61 Å². The maximum absolute atomic E-state index is 12.7. The van der Waals surface area contributed by atoms with Crippen LogP contribution in [0.4, 0.5) is 8.78 Å². The third kappa shape index (κ3) is 5.93. The van der Waals surface area contributed by atoms with Crippen molar-refractivity contribution in [2.24, 2.45) is 4.99 Å². The van der Waals surface area contributed by atoms with Crippen molar-refractivity contribution in [3.05, 3.63) is 53.2 Å². The summed E-state index contributed by atoms with van der Waals surface area (Å²) in [6.07, 6.45) is 1.59. The molecule has 0 aliphatic rings. The molecule has 0 aliphatic heterocycles. The van der Waals surface area contributed by atoms with Crippen LogP contribution in [0, 0.1) is 0 Å². The number of rotatable bonds is 9. The molecular weight excluding hydrogens is 414 g/mol. The molecule has 0 unspecified atom stereocenters. The Kier molecular flexibility index (Phi) is 7.61. The van der Waals surface area contributed by atoms with Gasteiger partial charge in [-0.3, -0.25) is 0 Å². The Bertz CT molecular complexity index is 961. The molecule has 30 heavy (non-hydrogen) atoms. The second-order valence-electron chi connectivity index (χ2n) is 6.02. The molecule has 10 heteroatoms. The Morgan fingerprint density at radius 3 is 2.87 bits per heavy atom. The highest BCUT2D eigenvalue weighted by Gasteiger charge is 2.12. The molecule has 160 valence electrons. The average molecular weight is 436 g/mol. The number of halogens is 2. The van der Waals surface area contributed by atoms with Crippen molar-refractivity contribution >= 4 is 17.3 Å². The fraction of sp³-hybridized carbons (Fsp3) is 0.300. The van der Waals surface area contributed by atoms with E-state index >= 15 is 0 Å². The molecule has 0 saturated heterocycles. The van der Waals surface area contributed by atoms with Gasteiger partial charge in [0.05, 0.1) is 30.8 Å². The average Bonchev–Trinajstić information content (AvgIpc) is 3.42. The zero-order valence-corrected chi connectivity index (χ0v) is 17.3. The lowest BCUT2D eigenvalue weighted by molar-refractivity contribution is -0.0504. The molecule has 2 N–H and O–H groups in total. The van der Waals surface area contributed by atoms with Crippen molar-refractivity contribution in [1.82, 2.24) is 15.6 Å². The number of hydrogen-bond donors (Lipinski definition) is 2. The summed E-state index contributed by atoms with van der Waals surface area (Å²) in [5, 5.41) is 8.22. The van der Waals surface area contributed by atoms with Gasteiger partial charge < -0.3 is 24.5 Å². The van der Waals surface area contributed by atoms with E-state index in [1.807, 2.05) is 24.4 Å². The van der Waals surface area contributed by atoms with Crippen LogP contribution in [0.25, 0.3) is 10.8 Å². The number of aromatic nitrogens is 1. The number of aliphatic imine (C=N–C) groups is 1. The Hall–Kier alpha value is -3.14. The summed E-state index contributed by atoms with van der Waals surface area (Å²) in [6.45, 7) is 0.146. The SMILES string of the molecule is CCNC(=NCc1cc(OC)ccc1OC(F)F)NCc1coc(-c2cccs2)n1. The summed E-state index contributed by atoms with van der Waals surface area (Å²) < 4.78 is 40.6. The minimum atomic E-state index is -2.92. The molecule has 3 aromatic rings. The second kappa shape index (κ2) is 10.6. The van der Waals surface area contributed by atoms with Gasteiger partial charge in [0.2, 0.25) is 5.89 Å². The van der Waals surface area contributed by atoms with Gasteiger partial charge in [0.15, 0.2) is 5.96 Å². The summed E-state index contributed by atoms with van der Waals surface area (Å²) in [5.41, 5.74) is 1.19. The third-order valence-electron chi connectivity index (χ3n) is 3.96. The molecule has 2 heterocycles. The Morgan fingerprint density at radius 2 is 2.17 bits per heavy atom. The molecule has 0 amide bonds. The molecule has 0 spiro atoms. The molecule has 7 nitrogen and oxygen atoms in total. The number of ether oxygens (including phenoxy) is 2. The first-order valence-electron chi connectivity index (χ1n) is 9.21. The molecule has 0 bridgehead atoms. The van der Waals surface area contributed by atoms with Crippen LogP contribution in [0.1, 0.15) is 18.2 Å². The van der Waals surface area contributed by atoms with Gasteiger partial charge in [-0.05, 0) is 36.6 Å². The Labute approximate surface area is 176 Å². The smallest absolute Gasteiger partial charge is 0.387 e. The quantitative estimate of drug-likeness (QED) is 0.385. The number of thiophene rings is 1. The topological polar surface area (TPSA) is 80.9 Å². The summed E-state index contributed by atoms with van der Waals surface area (Å²) >= 11 is 1.55. The minimum Gasteiger partial charge on any atom is -0.497 e. The van der Waals surface area contributed by atoms with Crippen LogP contribution in [-0.2, 0) is 13.1 Å². The Balaban J connectivity index is 1.69. The van der Waals surface area contributed by atoms with Crippen LogP contribution in [0.2, 0.25) is 0 Å². The van der Waals surface area contributed by atoms with Crippen LogP contribution in [0.3, 0.4) is 0 Å². The molecule has 0 saturated carbocycles. The summed E-state index contributed by atoms with van der Waals surface area (Å²) in [7, 11) is 1.50. The monoisotopic (exact) mass is 436 g/mol. The van der Waals surface area contributed by atoms with Gasteiger partial charge >= 0.3 is 6.61 Å². The van der Waals surface area contributed by atoms with E-state index in [1.54, 1.807) is 29.7 Å². The molecule has 3 rings (SSSR count). The van der Waals surface area contributed by atoms with Crippen LogP contribution in [0.15, 0.2) is 51.4 Å². The maximum Gasteiger partial charge on any atom is 0.387 e. The normalized spacial score (nSPS) is 11.6. The number of guanidine groups is 1. The lowest BCUT2D eigenvalue weighted by atomic mass is 10.2. The van der Waals surface area contributed by atoms with E-state index in [2.05, 4.69) is 25.3 Å². The summed E-state index contributed by atoms with van der Waals surface area (Å²) in [5.74, 6) is 1.66. The number of alkyl halides is 2. The van der Waals surface area contributed by atoms with E-state index in [0.29, 0.717) is 41.9 Å².